The van der Waals surface area contributed by atoms with E-state index in [4.69, 9.17) is 0 Å². The van der Waals surface area contributed by atoms with Crippen LogP contribution in [0.1, 0.15) is 66.7 Å². The lowest BCUT2D eigenvalue weighted by molar-refractivity contribution is 0.897. The van der Waals surface area contributed by atoms with E-state index in [0.29, 0.717) is 0 Å². The van der Waals surface area contributed by atoms with E-state index < -0.39 is 0 Å². The van der Waals surface area contributed by atoms with Gasteiger partial charge in [-0.1, -0.05) is 62.8 Å². The van der Waals surface area contributed by atoms with Crippen LogP contribution in [0, 0.1) is 0 Å². The summed E-state index contributed by atoms with van der Waals surface area (Å²) in [6.45, 7) is 23.3. The Hall–Kier alpha value is -0.950. The number of hydrogen-bond acceptors (Lipinski definition) is 1. The van der Waals surface area contributed by atoms with Crippen molar-refractivity contribution in [3.05, 3.63) is 58.6 Å². The number of unbranched alkanes of at least 4 members (excludes halogenated alkanes) is 1. The van der Waals surface area contributed by atoms with Crippen LogP contribution in [0.15, 0.2) is 58.6 Å². The Balaban J connectivity index is 4.56. The molecule has 0 saturated heterocycles. The van der Waals surface area contributed by atoms with E-state index in [1.807, 2.05) is 11.8 Å². The Labute approximate surface area is 143 Å². The Kier molecular flexibility index (Phi) is 11.1. The topological polar surface area (TPSA) is 0 Å². The summed E-state index contributed by atoms with van der Waals surface area (Å²) in [4.78, 5) is 1.42. The minimum atomic E-state index is 0.962. The number of rotatable bonds is 11. The molecule has 124 valence electrons. The molecule has 0 saturated carbocycles. The van der Waals surface area contributed by atoms with Gasteiger partial charge in [0.15, 0.2) is 0 Å². The smallest absolute Gasteiger partial charge is 0.00233 e. The Bertz CT molecular complexity index is 460. The minimum Gasteiger partial charge on any atom is -0.131 e. The van der Waals surface area contributed by atoms with Gasteiger partial charge in [0, 0.05) is 0 Å². The lowest BCUT2D eigenvalue weighted by Crippen LogP contribution is -1.91. The summed E-state index contributed by atoms with van der Waals surface area (Å²) in [7, 11) is 0. The van der Waals surface area contributed by atoms with Crippen molar-refractivity contribution in [1.82, 2.24) is 0 Å². The lowest BCUT2D eigenvalue weighted by atomic mass is 9.96. The highest BCUT2D eigenvalue weighted by Gasteiger charge is 2.03. The first-order valence-corrected chi connectivity index (χ1v) is 9.34. The molecule has 0 aromatic heterocycles. The molecule has 0 N–H and O–H groups in total. The van der Waals surface area contributed by atoms with Crippen molar-refractivity contribution < 1.29 is 0 Å². The third-order valence-corrected chi connectivity index (χ3v) is 5.27. The minimum absolute atomic E-state index is 0.962. The van der Waals surface area contributed by atoms with Gasteiger partial charge in [0.05, 0.1) is 0 Å². The molecule has 0 fully saturated rings. The second kappa shape index (κ2) is 11.6. The molecule has 0 aromatic rings. The maximum atomic E-state index is 4.23. The fourth-order valence-electron chi connectivity index (χ4n) is 1.94. The molecule has 0 nitrogen and oxygen atoms in total. The first-order chi connectivity index (χ1) is 10.3. The van der Waals surface area contributed by atoms with Gasteiger partial charge in [0.2, 0.25) is 0 Å². The highest BCUT2D eigenvalue weighted by atomic mass is 32.2. The maximum Gasteiger partial charge on any atom is -0.00233 e. The molecule has 0 aliphatic carbocycles. The van der Waals surface area contributed by atoms with Crippen LogP contribution in [0.5, 0.6) is 0 Å². The Morgan fingerprint density at radius 1 is 0.909 bits per heavy atom. The van der Waals surface area contributed by atoms with Crippen molar-refractivity contribution in [2.75, 3.05) is 5.75 Å². The third-order valence-electron chi connectivity index (χ3n) is 4.02. The molecule has 0 rings (SSSR count). The lowest BCUT2D eigenvalue weighted by Gasteiger charge is -2.11. The molecule has 0 radical (unpaired) electrons. The fourth-order valence-corrected chi connectivity index (χ4v) is 2.96. The Morgan fingerprint density at radius 3 is 2.05 bits per heavy atom. The van der Waals surface area contributed by atoms with E-state index in [1.54, 1.807) is 0 Å². The summed E-state index contributed by atoms with van der Waals surface area (Å²) < 4.78 is 0. The molecule has 0 aliphatic heterocycles. The number of allylic oxidation sites excluding steroid dienone is 7. The normalized spacial score (nSPS) is 12.9. The average Bonchev–Trinajstić information content (AvgIpc) is 2.51. The molecule has 0 heterocycles. The molecule has 0 unspecified atom stereocenters. The molecule has 0 aliphatic rings. The summed E-state index contributed by atoms with van der Waals surface area (Å²) in [5.74, 6) is 1.21. The summed E-state index contributed by atoms with van der Waals surface area (Å²) >= 11 is 1.97. The van der Waals surface area contributed by atoms with Gasteiger partial charge in [-0.05, 0) is 68.3 Å². The first kappa shape index (κ1) is 21.0. The molecular formula is C21H34S. The molecule has 22 heavy (non-hydrogen) atoms. The van der Waals surface area contributed by atoms with Gasteiger partial charge in [-0.2, -0.15) is 0 Å². The first-order valence-electron chi connectivity index (χ1n) is 8.36. The zero-order valence-electron chi connectivity index (χ0n) is 15.3. The van der Waals surface area contributed by atoms with Gasteiger partial charge in [-0.3, -0.25) is 0 Å². The number of thioether (sulfide) groups is 1. The van der Waals surface area contributed by atoms with Crippen molar-refractivity contribution in [2.45, 2.75) is 66.7 Å². The highest BCUT2D eigenvalue weighted by Crippen LogP contribution is 2.25. The van der Waals surface area contributed by atoms with Crippen molar-refractivity contribution in [3.8, 4) is 0 Å². The van der Waals surface area contributed by atoms with Crippen LogP contribution < -0.4 is 0 Å². The highest BCUT2D eigenvalue weighted by molar-refractivity contribution is 8.03. The fraction of sp³-hybridized carbons (Fsp3) is 0.524. The second-order valence-corrected chi connectivity index (χ2v) is 7.24. The van der Waals surface area contributed by atoms with Gasteiger partial charge < -0.3 is 0 Å². The number of hydrogen-bond donors (Lipinski definition) is 0. The van der Waals surface area contributed by atoms with E-state index >= 15 is 0 Å². The van der Waals surface area contributed by atoms with Crippen LogP contribution in [-0.4, -0.2) is 5.75 Å². The van der Waals surface area contributed by atoms with Crippen LogP contribution >= 0.6 is 11.8 Å². The van der Waals surface area contributed by atoms with Crippen LogP contribution in [-0.2, 0) is 0 Å². The van der Waals surface area contributed by atoms with Crippen LogP contribution in [0.25, 0.3) is 0 Å². The predicted octanol–water partition coefficient (Wildman–Crippen LogP) is 7.62. The molecule has 0 aromatic carbocycles. The molecular weight excluding hydrogens is 284 g/mol. The monoisotopic (exact) mass is 318 g/mol. The van der Waals surface area contributed by atoms with Gasteiger partial charge in [-0.15, -0.1) is 11.8 Å². The van der Waals surface area contributed by atoms with E-state index in [9.17, 15) is 0 Å². The van der Waals surface area contributed by atoms with Crippen molar-refractivity contribution >= 4 is 11.8 Å². The average molecular weight is 319 g/mol. The van der Waals surface area contributed by atoms with Crippen molar-refractivity contribution in [1.29, 1.82) is 0 Å². The summed E-state index contributed by atoms with van der Waals surface area (Å²) in [6, 6.07) is 0. The van der Waals surface area contributed by atoms with Crippen molar-refractivity contribution in [3.63, 3.8) is 0 Å². The third kappa shape index (κ3) is 8.48. The molecule has 0 spiro atoms. The summed E-state index contributed by atoms with van der Waals surface area (Å²) in [5.41, 5.74) is 6.17. The zero-order valence-corrected chi connectivity index (χ0v) is 16.2. The largest absolute Gasteiger partial charge is 0.131 e. The molecule has 1 heteroatoms. The zero-order chi connectivity index (χ0) is 17.1. The van der Waals surface area contributed by atoms with Crippen LogP contribution in [0.4, 0.5) is 0 Å². The van der Waals surface area contributed by atoms with Crippen molar-refractivity contribution in [2.24, 2.45) is 0 Å². The maximum absolute atomic E-state index is 4.23. The standard InChI is InChI=1S/C21H34S/c1-9-11-14-22-21(8)20(7)15-19(6)18(5)13-12-17(4)16(3)10-2/h15H,3-5,9-14H2,1-2,6-8H3/b19-15+,21-20+. The molecule has 0 bridgehead atoms. The molecule has 0 amide bonds. The van der Waals surface area contributed by atoms with Gasteiger partial charge >= 0.3 is 0 Å². The van der Waals surface area contributed by atoms with E-state index in [0.717, 1.165) is 30.4 Å². The summed E-state index contributed by atoms with van der Waals surface area (Å²) in [5, 5.41) is 0. The van der Waals surface area contributed by atoms with E-state index in [1.165, 1.54) is 40.2 Å². The van der Waals surface area contributed by atoms with Crippen LogP contribution in [0.2, 0.25) is 0 Å². The Morgan fingerprint density at radius 2 is 1.50 bits per heavy atom. The second-order valence-electron chi connectivity index (χ2n) is 5.93. The quantitative estimate of drug-likeness (QED) is 0.279. The van der Waals surface area contributed by atoms with Gasteiger partial charge in [0.25, 0.3) is 0 Å². The summed E-state index contributed by atoms with van der Waals surface area (Å²) in [6.07, 6.45) is 7.73. The molecule has 0 atom stereocenters. The predicted molar refractivity (Wildman–Crippen MR) is 106 cm³/mol. The van der Waals surface area contributed by atoms with E-state index in [-0.39, 0.29) is 0 Å². The SMILES string of the molecule is C=C(CC)C(=C)CCC(=C)/C(C)=C/C(C)=C(\C)SCCCC. The van der Waals surface area contributed by atoms with E-state index in [2.05, 4.69) is 60.4 Å². The van der Waals surface area contributed by atoms with Crippen LogP contribution in [0.3, 0.4) is 0 Å². The van der Waals surface area contributed by atoms with Gasteiger partial charge in [-0.25, -0.2) is 0 Å². The van der Waals surface area contributed by atoms with Gasteiger partial charge in [0.1, 0.15) is 0 Å².